The van der Waals surface area contributed by atoms with Crippen LogP contribution in [0.4, 0.5) is 5.69 Å². The van der Waals surface area contributed by atoms with E-state index >= 15 is 0 Å². The summed E-state index contributed by atoms with van der Waals surface area (Å²) in [6.45, 7) is 7.64. The van der Waals surface area contributed by atoms with Crippen molar-refractivity contribution in [3.05, 3.63) is 95.6 Å². The molecule has 2 N–H and O–H groups in total. The Hall–Kier alpha value is -2.72. The minimum Gasteiger partial charge on any atom is -0.303 e. The first-order valence-corrected chi connectivity index (χ1v) is 16.1. The monoisotopic (exact) mass is 556 g/mol. The lowest BCUT2D eigenvalue weighted by molar-refractivity contribution is 0.274. The van der Waals surface area contributed by atoms with Crippen LogP contribution in [0.25, 0.3) is 0 Å². The van der Waals surface area contributed by atoms with Crippen molar-refractivity contribution in [3.63, 3.8) is 0 Å². The molecular formula is C29H36N2O5S2. The summed E-state index contributed by atoms with van der Waals surface area (Å²) < 4.78 is 55.2. The number of nitrogens with one attached hydrogen (secondary N) is 1. The van der Waals surface area contributed by atoms with Crippen LogP contribution in [0.5, 0.6) is 0 Å². The van der Waals surface area contributed by atoms with Gasteiger partial charge in [0, 0.05) is 24.2 Å². The average molecular weight is 557 g/mol. The highest BCUT2D eigenvalue weighted by Crippen LogP contribution is 2.63. The lowest BCUT2D eigenvalue weighted by Gasteiger charge is -2.24. The topological polar surface area (TPSA) is 104 Å². The smallest absolute Gasteiger partial charge is 0.294 e. The van der Waals surface area contributed by atoms with Gasteiger partial charge in [-0.25, -0.2) is 8.42 Å². The highest BCUT2D eigenvalue weighted by atomic mass is 32.2. The predicted octanol–water partition coefficient (Wildman–Crippen LogP) is 4.75. The number of fused-ring (bicyclic) bond motifs is 1. The Morgan fingerprint density at radius 1 is 0.921 bits per heavy atom. The molecule has 204 valence electrons. The lowest BCUT2D eigenvalue weighted by Crippen LogP contribution is -2.30. The third-order valence-corrected chi connectivity index (χ3v) is 9.19. The van der Waals surface area contributed by atoms with Gasteiger partial charge in [0.1, 0.15) is 0 Å². The van der Waals surface area contributed by atoms with Crippen molar-refractivity contribution in [3.8, 4) is 0 Å². The summed E-state index contributed by atoms with van der Waals surface area (Å²) in [6.07, 6.45) is 3.54. The zero-order valence-electron chi connectivity index (χ0n) is 22.0. The molecule has 9 heteroatoms. The molecule has 1 saturated carbocycles. The normalized spacial score (nSPS) is 22.7. The molecule has 3 aromatic rings. The summed E-state index contributed by atoms with van der Waals surface area (Å²) in [5, 5.41) is 0. The molecule has 1 heterocycles. The molecule has 7 nitrogen and oxygen atoms in total. The highest BCUT2D eigenvalue weighted by Gasteiger charge is 2.65. The van der Waals surface area contributed by atoms with Crippen LogP contribution in [0.1, 0.15) is 30.0 Å². The first kappa shape index (κ1) is 28.3. The molecule has 0 spiro atoms. The van der Waals surface area contributed by atoms with Crippen molar-refractivity contribution in [2.45, 2.75) is 37.0 Å². The van der Waals surface area contributed by atoms with Gasteiger partial charge >= 0.3 is 0 Å². The molecule has 2 atom stereocenters. The molecule has 1 aliphatic heterocycles. The molecule has 0 amide bonds. The number of aryl methyl sites for hydroxylation is 2. The van der Waals surface area contributed by atoms with E-state index in [1.54, 1.807) is 12.1 Å². The zero-order valence-corrected chi connectivity index (χ0v) is 23.7. The number of nitrogens with zero attached hydrogens (tertiary/aromatic N) is 1. The molecule has 2 fully saturated rings. The molecule has 1 saturated heterocycles. The predicted molar refractivity (Wildman–Crippen MR) is 151 cm³/mol. The van der Waals surface area contributed by atoms with E-state index in [1.807, 2.05) is 25.1 Å². The average Bonchev–Trinajstić information content (AvgIpc) is 3.18. The maximum absolute atomic E-state index is 11.5. The number of rotatable bonds is 8. The van der Waals surface area contributed by atoms with Crippen LogP contribution in [-0.2, 0) is 32.0 Å². The number of benzene rings is 3. The molecule has 0 bridgehead atoms. The summed E-state index contributed by atoms with van der Waals surface area (Å²) in [4.78, 5) is 2.53. The van der Waals surface area contributed by atoms with Crippen molar-refractivity contribution in [2.75, 3.05) is 30.6 Å². The number of hydrogen-bond donors (Lipinski definition) is 2. The van der Waals surface area contributed by atoms with Crippen molar-refractivity contribution >= 4 is 25.8 Å². The third-order valence-electron chi connectivity index (χ3n) is 7.72. The Morgan fingerprint density at radius 3 is 2.13 bits per heavy atom. The summed E-state index contributed by atoms with van der Waals surface area (Å²) >= 11 is 0. The van der Waals surface area contributed by atoms with E-state index in [1.165, 1.54) is 35.9 Å². The summed E-state index contributed by atoms with van der Waals surface area (Å²) in [5.41, 5.74) is 4.49. The standard InChI is InChI=1S/C22H28N2O2S.C7H8O3S/c1-22(18-11-6-12-19(14-18)23-27(2,25)26)20-15-24(16-21(20)22)13-7-10-17-8-4-3-5-9-17;1-6-2-4-7(5-3-6)11(8,9)10/h3-6,8-9,11-12,14,20-21,23H,7,10,13,15-16H2,1-2H3;2-5H,1H3,(H,8,9,10). The Balaban J connectivity index is 0.000000257. The molecular weight excluding hydrogens is 520 g/mol. The fourth-order valence-corrected chi connectivity index (χ4v) is 6.60. The van der Waals surface area contributed by atoms with Crippen LogP contribution in [0.3, 0.4) is 0 Å². The van der Waals surface area contributed by atoms with Gasteiger partial charge in [-0.05, 0) is 73.5 Å². The van der Waals surface area contributed by atoms with E-state index in [9.17, 15) is 16.8 Å². The molecule has 2 unspecified atom stereocenters. The Morgan fingerprint density at radius 2 is 1.55 bits per heavy atom. The van der Waals surface area contributed by atoms with Crippen molar-refractivity contribution in [1.29, 1.82) is 0 Å². The van der Waals surface area contributed by atoms with Gasteiger partial charge < -0.3 is 4.90 Å². The van der Waals surface area contributed by atoms with E-state index in [0.29, 0.717) is 17.5 Å². The van der Waals surface area contributed by atoms with Crippen LogP contribution in [-0.4, -0.2) is 52.2 Å². The number of sulfonamides is 1. The first-order chi connectivity index (χ1) is 17.9. The minimum atomic E-state index is -4.02. The molecule has 0 radical (unpaired) electrons. The lowest BCUT2D eigenvalue weighted by atomic mass is 9.92. The maximum Gasteiger partial charge on any atom is 0.294 e. The van der Waals surface area contributed by atoms with Gasteiger partial charge in [-0.2, -0.15) is 8.42 Å². The third kappa shape index (κ3) is 7.02. The summed E-state index contributed by atoms with van der Waals surface area (Å²) in [6, 6.07) is 24.6. The largest absolute Gasteiger partial charge is 0.303 e. The van der Waals surface area contributed by atoms with Gasteiger partial charge in [0.2, 0.25) is 10.0 Å². The Labute approximate surface area is 226 Å². The fourth-order valence-electron chi connectivity index (χ4n) is 5.57. The van der Waals surface area contributed by atoms with Crippen LogP contribution in [0, 0.1) is 18.8 Å². The van der Waals surface area contributed by atoms with Crippen molar-refractivity contribution in [1.82, 2.24) is 4.90 Å². The first-order valence-electron chi connectivity index (χ1n) is 12.7. The van der Waals surface area contributed by atoms with Crippen LogP contribution in [0.15, 0.2) is 83.8 Å². The molecule has 2 aliphatic rings. The van der Waals surface area contributed by atoms with Gasteiger partial charge in [-0.3, -0.25) is 9.27 Å². The van der Waals surface area contributed by atoms with Gasteiger partial charge in [0.25, 0.3) is 10.1 Å². The van der Waals surface area contributed by atoms with Gasteiger partial charge in [0.15, 0.2) is 0 Å². The van der Waals surface area contributed by atoms with Crippen molar-refractivity contribution in [2.24, 2.45) is 11.8 Å². The Kier molecular flexibility index (Phi) is 8.32. The molecule has 3 aromatic carbocycles. The maximum atomic E-state index is 11.5. The number of hydrogen-bond acceptors (Lipinski definition) is 5. The fraction of sp³-hybridized carbons (Fsp3) is 0.379. The van der Waals surface area contributed by atoms with E-state index in [0.717, 1.165) is 31.6 Å². The molecule has 1 aliphatic carbocycles. The van der Waals surface area contributed by atoms with Crippen LogP contribution in [0.2, 0.25) is 0 Å². The molecule has 38 heavy (non-hydrogen) atoms. The van der Waals surface area contributed by atoms with Crippen LogP contribution >= 0.6 is 0 Å². The number of anilines is 1. The number of piperidine rings is 1. The van der Waals surface area contributed by atoms with Gasteiger partial charge in [0.05, 0.1) is 11.2 Å². The molecule has 5 rings (SSSR count). The second-order valence-electron chi connectivity index (χ2n) is 10.6. The Bertz CT molecular complexity index is 1440. The van der Waals surface area contributed by atoms with Gasteiger partial charge in [-0.15, -0.1) is 0 Å². The second kappa shape index (κ2) is 11.2. The number of likely N-dealkylation sites (tertiary alicyclic amines) is 1. The summed E-state index contributed by atoms with van der Waals surface area (Å²) in [7, 11) is -7.26. The second-order valence-corrected chi connectivity index (χ2v) is 13.8. The van der Waals surface area contributed by atoms with Gasteiger partial charge in [-0.1, -0.05) is 67.1 Å². The quantitative estimate of drug-likeness (QED) is 0.388. The SMILES string of the molecule is CC1(c2cccc(NS(C)(=O)=O)c2)C2CN(CCCc3ccccc3)CC21.Cc1ccc(S(=O)(=O)O)cc1. The van der Waals surface area contributed by atoms with Crippen molar-refractivity contribution < 1.29 is 21.4 Å². The molecule has 0 aromatic heterocycles. The summed E-state index contributed by atoms with van der Waals surface area (Å²) in [5.74, 6) is 1.37. The highest BCUT2D eigenvalue weighted by molar-refractivity contribution is 7.92. The zero-order chi connectivity index (χ0) is 27.6. The van der Waals surface area contributed by atoms with E-state index in [-0.39, 0.29) is 10.3 Å². The van der Waals surface area contributed by atoms with Crippen LogP contribution < -0.4 is 4.72 Å². The van der Waals surface area contributed by atoms with E-state index < -0.39 is 20.1 Å². The minimum absolute atomic E-state index is 0.0666. The van der Waals surface area contributed by atoms with E-state index in [2.05, 4.69) is 52.9 Å². The van der Waals surface area contributed by atoms with E-state index in [4.69, 9.17) is 4.55 Å².